The van der Waals surface area contributed by atoms with E-state index in [1.807, 2.05) is 55.7 Å². The van der Waals surface area contributed by atoms with Crippen molar-refractivity contribution in [3.05, 3.63) is 78.4 Å². The van der Waals surface area contributed by atoms with Gasteiger partial charge in [-0.2, -0.15) is 15.3 Å². The number of pyridine rings is 1. The molecule has 12 nitrogen and oxygen atoms in total. The second-order valence-electron chi connectivity index (χ2n) is 12.3. The fraction of sp³-hybridized carbons (Fsp3) is 0.412. The highest BCUT2D eigenvalue weighted by Gasteiger charge is 2.35. The monoisotopic (exact) mass is 620 g/mol. The predicted molar refractivity (Wildman–Crippen MR) is 176 cm³/mol. The maximum Gasteiger partial charge on any atom is 0.323 e. The minimum atomic E-state index is -0.454. The number of nitrogens with one attached hydrogen (secondary N) is 3. The number of nitriles is 1. The number of aryl methyl sites for hydroxylation is 1. The third kappa shape index (κ3) is 7.10. The topological polar surface area (TPSA) is 157 Å². The molecule has 46 heavy (non-hydrogen) atoms. The lowest BCUT2D eigenvalue weighted by atomic mass is 9.90. The molecule has 2 saturated carbocycles. The molecule has 12 heteroatoms. The number of hydrogen-bond donors (Lipinski definition) is 4. The highest BCUT2D eigenvalue weighted by molar-refractivity contribution is 5.91. The number of anilines is 3. The zero-order chi connectivity index (χ0) is 31.9. The zero-order valence-corrected chi connectivity index (χ0v) is 26.1. The summed E-state index contributed by atoms with van der Waals surface area (Å²) in [6.45, 7) is 0.413. The normalized spacial score (nSPS) is 18.8. The molecule has 238 valence electrons. The van der Waals surface area contributed by atoms with E-state index in [-0.39, 0.29) is 24.7 Å². The van der Waals surface area contributed by atoms with Crippen LogP contribution in [0.1, 0.15) is 62.5 Å². The molecular formula is C34H40N10O2. The Labute approximate surface area is 268 Å². The first-order chi connectivity index (χ1) is 22.4. The van der Waals surface area contributed by atoms with Crippen LogP contribution in [0.5, 0.6) is 0 Å². The summed E-state index contributed by atoms with van der Waals surface area (Å²) < 4.78 is 1.75. The number of carbonyl (C=O) groups excluding carboxylic acids is 1. The zero-order valence-electron chi connectivity index (χ0n) is 26.1. The van der Waals surface area contributed by atoms with Gasteiger partial charge in [0, 0.05) is 49.2 Å². The van der Waals surface area contributed by atoms with Gasteiger partial charge in [0.25, 0.3) is 0 Å². The lowest BCUT2D eigenvalue weighted by Crippen LogP contribution is -2.49. The Morgan fingerprint density at radius 1 is 1.04 bits per heavy atom. The molecule has 1 aromatic carbocycles. The molecule has 0 bridgehead atoms. The lowest BCUT2D eigenvalue weighted by molar-refractivity contribution is 0.214. The van der Waals surface area contributed by atoms with E-state index in [0.717, 1.165) is 68.1 Å². The Hall–Kier alpha value is -5.02. The maximum atomic E-state index is 13.7. The standard InChI is InChI=1S/C34H40N10O2/c1-43-22-27(21-39-43)25-9-14-30(36-19-25)44(33(46)38-18-24-7-3-2-4-8-24)29-12-10-28(11-13-29)40-32-37-20-26(17-35)31(41-32)42-34(23-45)15-5-6-16-34/h2-4,7-9,14,19-22,28-29,45H,5-6,10-13,15-16,18,23H2,1H3,(H,38,46)(H2,37,40,41,42). The third-order valence-corrected chi connectivity index (χ3v) is 9.09. The van der Waals surface area contributed by atoms with Gasteiger partial charge in [0.2, 0.25) is 5.95 Å². The Morgan fingerprint density at radius 2 is 1.83 bits per heavy atom. The molecule has 0 saturated heterocycles. The largest absolute Gasteiger partial charge is 0.394 e. The summed E-state index contributed by atoms with van der Waals surface area (Å²) in [5, 5.41) is 33.9. The predicted octanol–water partition coefficient (Wildman–Crippen LogP) is 5.00. The molecule has 4 aromatic rings. The average Bonchev–Trinajstić information content (AvgIpc) is 3.75. The molecule has 3 aromatic heterocycles. The van der Waals surface area contributed by atoms with Crippen molar-refractivity contribution in [2.24, 2.45) is 7.05 Å². The summed E-state index contributed by atoms with van der Waals surface area (Å²) in [6, 6.07) is 15.8. The van der Waals surface area contributed by atoms with Crippen molar-refractivity contribution in [1.82, 2.24) is 30.0 Å². The number of amides is 2. The Bertz CT molecular complexity index is 1650. The van der Waals surface area contributed by atoms with Gasteiger partial charge >= 0.3 is 6.03 Å². The molecule has 2 aliphatic rings. The summed E-state index contributed by atoms with van der Waals surface area (Å²) in [5.74, 6) is 1.50. The van der Waals surface area contributed by atoms with E-state index in [9.17, 15) is 15.2 Å². The minimum absolute atomic E-state index is 0.00881. The number of nitrogens with zero attached hydrogens (tertiary/aromatic N) is 7. The van der Waals surface area contributed by atoms with Crippen LogP contribution in [0.15, 0.2) is 67.3 Å². The van der Waals surface area contributed by atoms with Gasteiger partial charge in [0.15, 0.2) is 0 Å². The van der Waals surface area contributed by atoms with Gasteiger partial charge in [-0.15, -0.1) is 0 Å². The van der Waals surface area contributed by atoms with Gasteiger partial charge in [-0.05, 0) is 56.2 Å². The smallest absolute Gasteiger partial charge is 0.323 e. The van der Waals surface area contributed by atoms with Crippen molar-refractivity contribution in [2.75, 3.05) is 22.1 Å². The molecule has 0 spiro atoms. The molecule has 2 fully saturated rings. The maximum absolute atomic E-state index is 13.7. The Morgan fingerprint density at radius 3 is 2.48 bits per heavy atom. The molecule has 0 unspecified atom stereocenters. The molecule has 0 radical (unpaired) electrons. The highest BCUT2D eigenvalue weighted by Crippen LogP contribution is 2.34. The Kier molecular flexibility index (Phi) is 9.40. The summed E-state index contributed by atoms with van der Waals surface area (Å²) in [4.78, 5) is 29.3. The van der Waals surface area contributed by atoms with E-state index in [0.29, 0.717) is 29.7 Å². The first-order valence-corrected chi connectivity index (χ1v) is 15.9. The summed E-state index contributed by atoms with van der Waals surface area (Å²) >= 11 is 0. The highest BCUT2D eigenvalue weighted by atomic mass is 16.3. The molecule has 6 rings (SSSR count). The van der Waals surface area contributed by atoms with Gasteiger partial charge in [-0.3, -0.25) is 9.58 Å². The second kappa shape index (κ2) is 14.0. The van der Waals surface area contributed by atoms with Gasteiger partial charge in [-0.25, -0.2) is 14.8 Å². The van der Waals surface area contributed by atoms with Crippen LogP contribution in [0.3, 0.4) is 0 Å². The van der Waals surface area contributed by atoms with Crippen LogP contribution < -0.4 is 20.9 Å². The first kappa shape index (κ1) is 31.0. The van der Waals surface area contributed by atoms with Gasteiger partial charge in [0.1, 0.15) is 23.3 Å². The van der Waals surface area contributed by atoms with E-state index in [1.54, 1.807) is 22.0 Å². The van der Waals surface area contributed by atoms with E-state index < -0.39 is 5.54 Å². The van der Waals surface area contributed by atoms with Crippen molar-refractivity contribution in [1.29, 1.82) is 5.26 Å². The number of benzene rings is 1. The lowest BCUT2D eigenvalue weighted by Gasteiger charge is -2.36. The van der Waals surface area contributed by atoms with Gasteiger partial charge in [-0.1, -0.05) is 43.2 Å². The SMILES string of the molecule is Cn1cc(-c2ccc(N(C(=O)NCc3ccccc3)C3CCC(Nc4ncc(C#N)c(NC5(CO)CCCC5)n4)CC3)nc2)cn1. The van der Waals surface area contributed by atoms with Crippen LogP contribution in [-0.4, -0.2) is 60.1 Å². The van der Waals surface area contributed by atoms with Crippen LogP contribution in [-0.2, 0) is 13.6 Å². The number of urea groups is 1. The van der Waals surface area contributed by atoms with E-state index in [1.165, 1.54) is 6.20 Å². The molecule has 3 heterocycles. The van der Waals surface area contributed by atoms with Crippen molar-refractivity contribution in [3.8, 4) is 17.2 Å². The first-order valence-electron chi connectivity index (χ1n) is 15.9. The Balaban J connectivity index is 1.14. The van der Waals surface area contributed by atoms with Crippen LogP contribution in [0.4, 0.5) is 22.4 Å². The van der Waals surface area contributed by atoms with Crippen molar-refractivity contribution < 1.29 is 9.90 Å². The number of carbonyl (C=O) groups is 1. The number of hydrogen-bond acceptors (Lipinski definition) is 9. The molecule has 2 aliphatic carbocycles. The number of aliphatic hydroxyl groups is 1. The van der Waals surface area contributed by atoms with Crippen LogP contribution >= 0.6 is 0 Å². The van der Waals surface area contributed by atoms with E-state index >= 15 is 0 Å². The summed E-state index contributed by atoms with van der Waals surface area (Å²) in [7, 11) is 1.88. The van der Waals surface area contributed by atoms with Crippen LogP contribution in [0.2, 0.25) is 0 Å². The molecule has 4 N–H and O–H groups in total. The molecular weight excluding hydrogens is 580 g/mol. The van der Waals surface area contributed by atoms with Crippen molar-refractivity contribution in [3.63, 3.8) is 0 Å². The summed E-state index contributed by atoms with van der Waals surface area (Å²) in [5.41, 5.74) is 2.82. The molecule has 2 amide bonds. The summed E-state index contributed by atoms with van der Waals surface area (Å²) in [6.07, 6.45) is 13.9. The fourth-order valence-electron chi connectivity index (χ4n) is 6.50. The number of aliphatic hydroxyl groups excluding tert-OH is 1. The average molecular weight is 621 g/mol. The molecule has 0 aliphatic heterocycles. The molecule has 0 atom stereocenters. The van der Waals surface area contributed by atoms with Gasteiger partial charge in [0.05, 0.1) is 24.5 Å². The van der Waals surface area contributed by atoms with Crippen molar-refractivity contribution in [2.45, 2.75) is 75.5 Å². The third-order valence-electron chi connectivity index (χ3n) is 9.09. The van der Waals surface area contributed by atoms with Crippen molar-refractivity contribution >= 4 is 23.6 Å². The minimum Gasteiger partial charge on any atom is -0.394 e. The van der Waals surface area contributed by atoms with E-state index in [4.69, 9.17) is 4.98 Å². The van der Waals surface area contributed by atoms with Gasteiger partial charge < -0.3 is 21.1 Å². The quantitative estimate of drug-likeness (QED) is 0.192. The number of rotatable bonds is 10. The number of aromatic nitrogens is 5. The fourth-order valence-corrected chi connectivity index (χ4v) is 6.50. The van der Waals surface area contributed by atoms with Crippen LogP contribution in [0, 0.1) is 11.3 Å². The van der Waals surface area contributed by atoms with Crippen LogP contribution in [0.25, 0.3) is 11.1 Å². The second-order valence-corrected chi connectivity index (χ2v) is 12.3. The van der Waals surface area contributed by atoms with E-state index in [2.05, 4.69) is 37.1 Å².